The van der Waals surface area contributed by atoms with Gasteiger partial charge in [0.2, 0.25) is 0 Å². The van der Waals surface area contributed by atoms with E-state index < -0.39 is 0 Å². The Balaban J connectivity index is 2.06. The van der Waals surface area contributed by atoms with Gasteiger partial charge in [-0.2, -0.15) is 0 Å². The fraction of sp³-hybridized carbons (Fsp3) is 0.278. The Morgan fingerprint density at radius 2 is 1.68 bits per heavy atom. The lowest BCUT2D eigenvalue weighted by Gasteiger charge is -2.01. The van der Waals surface area contributed by atoms with Gasteiger partial charge in [-0.1, -0.05) is 30.7 Å². The monoisotopic (exact) mass is 249 g/mol. The van der Waals surface area contributed by atoms with Crippen LogP contribution in [0.1, 0.15) is 30.6 Å². The van der Waals surface area contributed by atoms with E-state index >= 15 is 0 Å². The van der Waals surface area contributed by atoms with Crippen molar-refractivity contribution in [1.82, 2.24) is 0 Å². The predicted molar refractivity (Wildman–Crippen MR) is 79.4 cm³/mol. The minimum absolute atomic E-state index is 1.03. The number of benzene rings is 2. The van der Waals surface area contributed by atoms with Crippen LogP contribution < -0.4 is 0 Å². The summed E-state index contributed by atoms with van der Waals surface area (Å²) in [5.41, 5.74) is 2.45. The Bertz CT molecular complexity index is 758. The minimum Gasteiger partial charge on any atom is -0.212 e. The maximum atomic E-state index is 6.17. The van der Waals surface area contributed by atoms with Crippen LogP contribution in [0, 0.1) is 0 Å². The van der Waals surface area contributed by atoms with Crippen molar-refractivity contribution in [2.24, 2.45) is 0 Å². The average molecular weight is 249 g/mol. The van der Waals surface area contributed by atoms with Crippen molar-refractivity contribution in [3.8, 4) is 0 Å². The Kier molecular flexibility index (Phi) is 2.51. The van der Waals surface area contributed by atoms with Crippen LogP contribution in [-0.2, 0) is 12.8 Å². The summed E-state index contributed by atoms with van der Waals surface area (Å²) in [5.74, 6) is 1.21. The molecule has 19 heavy (non-hydrogen) atoms. The molecule has 0 N–H and O–H groups in total. The lowest BCUT2D eigenvalue weighted by Crippen LogP contribution is -1.91. The van der Waals surface area contributed by atoms with Crippen molar-refractivity contribution in [3.05, 3.63) is 53.8 Å². The van der Waals surface area contributed by atoms with E-state index in [0.717, 1.165) is 18.4 Å². The van der Waals surface area contributed by atoms with Gasteiger partial charge in [0, 0.05) is 6.07 Å². The van der Waals surface area contributed by atoms with Gasteiger partial charge >= 0.3 is 11.3 Å². The molecule has 94 valence electrons. The second kappa shape index (κ2) is 4.34. The van der Waals surface area contributed by atoms with Crippen molar-refractivity contribution in [3.63, 3.8) is 0 Å². The molecule has 1 heteroatoms. The molecular weight excluding hydrogens is 232 g/mol. The topological polar surface area (TPSA) is 11.3 Å². The van der Waals surface area contributed by atoms with Gasteiger partial charge in [-0.25, -0.2) is 4.42 Å². The number of hydrogen-bond acceptors (Lipinski definition) is 0. The quantitative estimate of drug-likeness (QED) is 0.305. The summed E-state index contributed by atoms with van der Waals surface area (Å²) in [7, 11) is 0. The number of aryl methyl sites for hydroxylation is 2. The summed E-state index contributed by atoms with van der Waals surface area (Å²) in [6.07, 6.45) is 6.13. The van der Waals surface area contributed by atoms with Crippen molar-refractivity contribution >= 4 is 21.7 Å². The first-order chi connectivity index (χ1) is 9.42. The normalized spacial score (nSPS) is 15.4. The average Bonchev–Trinajstić information content (AvgIpc) is 2.69. The zero-order chi connectivity index (χ0) is 12.7. The highest BCUT2D eigenvalue weighted by Gasteiger charge is 2.21. The van der Waals surface area contributed by atoms with Crippen LogP contribution >= 0.6 is 0 Å². The van der Waals surface area contributed by atoms with Gasteiger partial charge in [0.15, 0.2) is 0 Å². The highest BCUT2D eigenvalue weighted by Crippen LogP contribution is 2.30. The molecule has 1 aliphatic carbocycles. The lowest BCUT2D eigenvalue weighted by molar-refractivity contribution is 0.526. The van der Waals surface area contributed by atoms with Crippen LogP contribution in [0.25, 0.3) is 21.7 Å². The van der Waals surface area contributed by atoms with Crippen molar-refractivity contribution in [2.45, 2.75) is 32.1 Å². The first kappa shape index (κ1) is 11.0. The second-order valence-electron chi connectivity index (χ2n) is 5.45. The van der Waals surface area contributed by atoms with E-state index in [0.29, 0.717) is 0 Å². The molecule has 4 rings (SSSR count). The molecule has 0 unspecified atom stereocenters. The first-order valence-corrected chi connectivity index (χ1v) is 7.18. The molecule has 0 fully saturated rings. The summed E-state index contributed by atoms with van der Waals surface area (Å²) < 4.78 is 6.17. The third kappa shape index (κ3) is 1.81. The fourth-order valence-corrected chi connectivity index (χ4v) is 3.17. The molecule has 0 bridgehead atoms. The lowest BCUT2D eigenvalue weighted by atomic mass is 10.0. The largest absolute Gasteiger partial charge is 0.360 e. The molecule has 0 radical (unpaired) electrons. The Hall–Kier alpha value is -1.89. The minimum atomic E-state index is 1.03. The molecule has 1 heterocycles. The van der Waals surface area contributed by atoms with Crippen LogP contribution in [-0.4, -0.2) is 0 Å². The molecule has 0 saturated heterocycles. The molecule has 1 aromatic heterocycles. The summed E-state index contributed by atoms with van der Waals surface area (Å²) in [6.45, 7) is 0. The number of fused-ring (bicyclic) bond motifs is 4. The van der Waals surface area contributed by atoms with Gasteiger partial charge in [0.1, 0.15) is 0 Å². The maximum absolute atomic E-state index is 6.17. The first-order valence-electron chi connectivity index (χ1n) is 7.18. The summed E-state index contributed by atoms with van der Waals surface area (Å²) in [5, 5.41) is 3.85. The number of hydrogen-bond donors (Lipinski definition) is 0. The Labute approximate surface area is 112 Å². The molecule has 1 aliphatic rings. The highest BCUT2D eigenvalue weighted by molar-refractivity contribution is 6.05. The zero-order valence-electron chi connectivity index (χ0n) is 11.0. The van der Waals surface area contributed by atoms with Crippen molar-refractivity contribution in [1.29, 1.82) is 0 Å². The smallest absolute Gasteiger partial charge is 0.212 e. The molecule has 0 atom stereocenters. The van der Waals surface area contributed by atoms with E-state index in [-0.39, 0.29) is 0 Å². The van der Waals surface area contributed by atoms with Gasteiger partial charge in [-0.05, 0) is 42.2 Å². The molecule has 1 nitrogen and oxygen atoms in total. The van der Waals surface area contributed by atoms with Gasteiger partial charge in [-0.15, -0.1) is 0 Å². The van der Waals surface area contributed by atoms with E-state index in [1.54, 1.807) is 0 Å². The van der Waals surface area contributed by atoms with Gasteiger partial charge in [0.25, 0.3) is 0 Å². The Morgan fingerprint density at radius 3 is 2.68 bits per heavy atom. The summed E-state index contributed by atoms with van der Waals surface area (Å²) in [6, 6.07) is 15.2. The van der Waals surface area contributed by atoms with Crippen LogP contribution in [0.4, 0.5) is 0 Å². The zero-order valence-corrected chi connectivity index (χ0v) is 11.0. The van der Waals surface area contributed by atoms with E-state index in [1.807, 2.05) is 0 Å². The van der Waals surface area contributed by atoms with Crippen LogP contribution in [0.5, 0.6) is 0 Å². The maximum Gasteiger partial charge on any atom is 0.360 e. The summed E-state index contributed by atoms with van der Waals surface area (Å²) >= 11 is 0. The molecule has 2 aromatic carbocycles. The van der Waals surface area contributed by atoms with Crippen LogP contribution in [0.3, 0.4) is 0 Å². The predicted octanol–water partition coefficient (Wildman–Crippen LogP) is 5.14. The van der Waals surface area contributed by atoms with E-state index in [2.05, 4.69) is 42.5 Å². The standard InChI is InChI=1S/C18H17O/c1-2-7-14-12-16-15-8-5-4-6-13(15)10-11-18(16)19-17(14)9-3-1/h4-6,8,10-12H,1-3,7,9H2/q+1. The molecule has 0 aliphatic heterocycles. The van der Waals surface area contributed by atoms with Crippen LogP contribution in [0.15, 0.2) is 46.9 Å². The fourth-order valence-electron chi connectivity index (χ4n) is 3.17. The third-order valence-electron chi connectivity index (χ3n) is 4.19. The number of rotatable bonds is 0. The molecular formula is C18H17O+. The van der Waals surface area contributed by atoms with E-state index in [4.69, 9.17) is 4.42 Å². The molecule has 0 spiro atoms. The molecule has 0 saturated carbocycles. The third-order valence-corrected chi connectivity index (χ3v) is 4.19. The van der Waals surface area contributed by atoms with E-state index in [9.17, 15) is 0 Å². The SMILES string of the molecule is c1ccc2c(c1)ccc1[o+]c3c(cc12)CCCCC3. The van der Waals surface area contributed by atoms with Gasteiger partial charge < -0.3 is 0 Å². The molecule has 3 aromatic rings. The van der Waals surface area contributed by atoms with E-state index in [1.165, 1.54) is 46.7 Å². The van der Waals surface area contributed by atoms with Crippen LogP contribution in [0.2, 0.25) is 0 Å². The van der Waals surface area contributed by atoms with Gasteiger partial charge in [-0.3, -0.25) is 0 Å². The Morgan fingerprint density at radius 1 is 0.789 bits per heavy atom. The van der Waals surface area contributed by atoms with Gasteiger partial charge in [0.05, 0.1) is 17.4 Å². The second-order valence-corrected chi connectivity index (χ2v) is 5.45. The van der Waals surface area contributed by atoms with Crippen molar-refractivity contribution in [2.75, 3.05) is 0 Å². The molecule has 0 amide bonds. The van der Waals surface area contributed by atoms with Crippen molar-refractivity contribution < 1.29 is 4.42 Å². The highest BCUT2D eigenvalue weighted by atomic mass is 16.3. The summed E-state index contributed by atoms with van der Waals surface area (Å²) in [4.78, 5) is 0.